The Morgan fingerprint density at radius 1 is 1.32 bits per heavy atom. The van der Waals surface area contributed by atoms with Gasteiger partial charge in [0.25, 0.3) is 0 Å². The minimum Gasteiger partial charge on any atom is -0.216 e. The lowest BCUT2D eigenvalue weighted by atomic mass is 10.1. The fourth-order valence-corrected chi connectivity index (χ4v) is 3.75. The van der Waals surface area contributed by atoms with Crippen molar-refractivity contribution in [2.45, 2.75) is 38.5 Å². The molecule has 3 aromatic rings. The number of aromatic nitrogens is 3. The molecule has 22 heavy (non-hydrogen) atoms. The number of hydrogen-bond acceptors (Lipinski definition) is 4. The van der Waals surface area contributed by atoms with Crippen molar-refractivity contribution in [1.82, 2.24) is 14.6 Å². The van der Waals surface area contributed by atoms with E-state index < -0.39 is 0 Å². The molecule has 1 fully saturated rings. The quantitative estimate of drug-likeness (QED) is 0.727. The third kappa shape index (κ3) is 2.20. The summed E-state index contributed by atoms with van der Waals surface area (Å²) in [6.45, 7) is 2.17. The molecule has 0 radical (unpaired) electrons. The van der Waals surface area contributed by atoms with E-state index in [1.807, 2.05) is 0 Å². The second-order valence-electron chi connectivity index (χ2n) is 5.78. The van der Waals surface area contributed by atoms with Gasteiger partial charge in [0, 0.05) is 11.5 Å². The Bertz CT molecular complexity index is 863. The lowest BCUT2D eigenvalue weighted by Crippen LogP contribution is -1.92. The van der Waals surface area contributed by atoms with Crippen LogP contribution in [0.25, 0.3) is 16.2 Å². The van der Waals surface area contributed by atoms with Crippen LogP contribution in [0.5, 0.6) is 0 Å². The molecule has 4 nitrogen and oxygen atoms in total. The summed E-state index contributed by atoms with van der Waals surface area (Å²) in [5.74, 6) is 0.593. The molecule has 2 heterocycles. The van der Waals surface area contributed by atoms with Gasteiger partial charge in [0.1, 0.15) is 16.8 Å². The normalized spacial score (nSPS) is 14.4. The lowest BCUT2D eigenvalue weighted by Gasteiger charge is -2.01. The number of imidazole rings is 1. The zero-order valence-corrected chi connectivity index (χ0v) is 13.2. The standard InChI is InChI=1S/C17H16N4S/c1-2-3-11-4-6-12(7-5-11)15-14(10-18)21-17(19-15)22-16(20-21)13-8-9-13/h4-7,13H,2-3,8-9H2,1H3. The van der Waals surface area contributed by atoms with Gasteiger partial charge in [0.15, 0.2) is 5.69 Å². The molecule has 0 unspecified atom stereocenters. The molecule has 0 spiro atoms. The molecule has 4 rings (SSSR count). The zero-order valence-electron chi connectivity index (χ0n) is 12.4. The molecule has 110 valence electrons. The van der Waals surface area contributed by atoms with Crippen LogP contribution >= 0.6 is 11.3 Å². The van der Waals surface area contributed by atoms with E-state index in [0.29, 0.717) is 11.6 Å². The molecule has 1 saturated carbocycles. The van der Waals surface area contributed by atoms with Crippen LogP contribution in [0.15, 0.2) is 24.3 Å². The summed E-state index contributed by atoms with van der Waals surface area (Å²) >= 11 is 1.61. The topological polar surface area (TPSA) is 54.0 Å². The second kappa shape index (κ2) is 5.22. The number of benzene rings is 1. The van der Waals surface area contributed by atoms with Gasteiger partial charge in [-0.2, -0.15) is 14.9 Å². The molecule has 0 bridgehead atoms. The minimum atomic E-state index is 0.543. The molecule has 0 amide bonds. The van der Waals surface area contributed by atoms with Crippen molar-refractivity contribution in [1.29, 1.82) is 5.26 Å². The SMILES string of the molecule is CCCc1ccc(-c2nc3sc(C4CC4)nn3c2C#N)cc1. The van der Waals surface area contributed by atoms with E-state index in [2.05, 4.69) is 47.3 Å². The number of rotatable bonds is 4. The van der Waals surface area contributed by atoms with E-state index in [1.165, 1.54) is 18.4 Å². The molecule has 0 aliphatic heterocycles. The fraction of sp³-hybridized carbons (Fsp3) is 0.353. The van der Waals surface area contributed by atoms with Gasteiger partial charge in [0.2, 0.25) is 4.96 Å². The first-order valence-corrected chi connectivity index (χ1v) is 8.50. The number of nitrogens with zero attached hydrogens (tertiary/aromatic N) is 4. The summed E-state index contributed by atoms with van der Waals surface area (Å²) in [6.07, 6.45) is 4.64. The number of hydrogen-bond donors (Lipinski definition) is 0. The fourth-order valence-electron chi connectivity index (χ4n) is 2.68. The molecule has 5 heteroatoms. The molecule has 0 N–H and O–H groups in total. The van der Waals surface area contributed by atoms with Gasteiger partial charge in [-0.3, -0.25) is 0 Å². The zero-order chi connectivity index (χ0) is 15.1. The summed E-state index contributed by atoms with van der Waals surface area (Å²) < 4.78 is 1.72. The predicted octanol–water partition coefficient (Wildman–Crippen LogP) is 4.16. The van der Waals surface area contributed by atoms with Crippen LogP contribution in [0.2, 0.25) is 0 Å². The van der Waals surface area contributed by atoms with E-state index in [1.54, 1.807) is 15.9 Å². The second-order valence-corrected chi connectivity index (χ2v) is 6.76. The van der Waals surface area contributed by atoms with Crippen LogP contribution in [-0.2, 0) is 6.42 Å². The third-order valence-corrected chi connectivity index (χ3v) is 5.09. The van der Waals surface area contributed by atoms with E-state index in [4.69, 9.17) is 0 Å². The summed E-state index contributed by atoms with van der Waals surface area (Å²) in [7, 11) is 0. The Hall–Kier alpha value is -2.19. The lowest BCUT2D eigenvalue weighted by molar-refractivity contribution is 0.893. The first kappa shape index (κ1) is 13.5. The molecule has 1 aliphatic carbocycles. The molecular formula is C17H16N4S. The van der Waals surface area contributed by atoms with Crippen LogP contribution in [0.3, 0.4) is 0 Å². The first-order chi connectivity index (χ1) is 10.8. The highest BCUT2D eigenvalue weighted by Gasteiger charge is 2.29. The minimum absolute atomic E-state index is 0.543. The number of aryl methyl sites for hydroxylation is 1. The number of fused-ring (bicyclic) bond motifs is 1. The third-order valence-electron chi connectivity index (χ3n) is 4.02. The average molecular weight is 308 g/mol. The van der Waals surface area contributed by atoms with Gasteiger partial charge in [0.05, 0.1) is 0 Å². The van der Waals surface area contributed by atoms with E-state index in [0.717, 1.165) is 34.1 Å². The van der Waals surface area contributed by atoms with Crippen LogP contribution in [-0.4, -0.2) is 14.6 Å². The molecule has 1 aromatic carbocycles. The Morgan fingerprint density at radius 2 is 2.09 bits per heavy atom. The highest BCUT2D eigenvalue weighted by molar-refractivity contribution is 7.16. The Balaban J connectivity index is 1.77. The monoisotopic (exact) mass is 308 g/mol. The van der Waals surface area contributed by atoms with Gasteiger partial charge in [-0.05, 0) is 24.8 Å². The highest BCUT2D eigenvalue weighted by Crippen LogP contribution is 2.42. The van der Waals surface area contributed by atoms with Crippen LogP contribution in [0.1, 0.15) is 48.4 Å². The van der Waals surface area contributed by atoms with Gasteiger partial charge in [-0.1, -0.05) is 48.9 Å². The predicted molar refractivity (Wildman–Crippen MR) is 87.0 cm³/mol. The molecular weight excluding hydrogens is 292 g/mol. The van der Waals surface area contributed by atoms with E-state index in [-0.39, 0.29) is 0 Å². The Kier molecular flexibility index (Phi) is 3.20. The van der Waals surface area contributed by atoms with Crippen molar-refractivity contribution in [3.8, 4) is 17.3 Å². The molecule has 0 atom stereocenters. The van der Waals surface area contributed by atoms with Crippen molar-refractivity contribution in [2.24, 2.45) is 0 Å². The first-order valence-electron chi connectivity index (χ1n) is 7.69. The van der Waals surface area contributed by atoms with E-state index in [9.17, 15) is 5.26 Å². The Labute approximate surface area is 133 Å². The summed E-state index contributed by atoms with van der Waals surface area (Å²) in [6, 6.07) is 10.6. The van der Waals surface area contributed by atoms with Gasteiger partial charge < -0.3 is 0 Å². The number of nitriles is 1. The van der Waals surface area contributed by atoms with Crippen molar-refractivity contribution >= 4 is 16.3 Å². The van der Waals surface area contributed by atoms with E-state index >= 15 is 0 Å². The maximum absolute atomic E-state index is 9.52. The molecule has 1 aliphatic rings. The smallest absolute Gasteiger partial charge is 0.214 e. The largest absolute Gasteiger partial charge is 0.216 e. The van der Waals surface area contributed by atoms with Gasteiger partial charge in [-0.15, -0.1) is 0 Å². The van der Waals surface area contributed by atoms with Gasteiger partial charge in [-0.25, -0.2) is 4.98 Å². The van der Waals surface area contributed by atoms with Crippen molar-refractivity contribution in [3.05, 3.63) is 40.5 Å². The molecule has 0 saturated heterocycles. The van der Waals surface area contributed by atoms with Crippen molar-refractivity contribution < 1.29 is 0 Å². The van der Waals surface area contributed by atoms with Gasteiger partial charge >= 0.3 is 0 Å². The van der Waals surface area contributed by atoms with Crippen LogP contribution in [0.4, 0.5) is 0 Å². The highest BCUT2D eigenvalue weighted by atomic mass is 32.1. The van der Waals surface area contributed by atoms with Crippen LogP contribution in [0, 0.1) is 11.3 Å². The molecule has 2 aromatic heterocycles. The maximum Gasteiger partial charge on any atom is 0.214 e. The summed E-state index contributed by atoms with van der Waals surface area (Å²) in [5.41, 5.74) is 3.59. The summed E-state index contributed by atoms with van der Waals surface area (Å²) in [5, 5.41) is 15.2. The average Bonchev–Trinajstić information content (AvgIpc) is 3.21. The van der Waals surface area contributed by atoms with Crippen LogP contribution < -0.4 is 0 Å². The van der Waals surface area contributed by atoms with Crippen molar-refractivity contribution in [2.75, 3.05) is 0 Å². The van der Waals surface area contributed by atoms with Crippen molar-refractivity contribution in [3.63, 3.8) is 0 Å². The summed E-state index contributed by atoms with van der Waals surface area (Å²) in [4.78, 5) is 5.48. The Morgan fingerprint density at radius 3 is 2.73 bits per heavy atom. The maximum atomic E-state index is 9.52.